The maximum absolute atomic E-state index is 13.0. The number of pyridine rings is 2. The predicted molar refractivity (Wildman–Crippen MR) is 106 cm³/mol. The molecule has 3 heterocycles. The maximum Gasteiger partial charge on any atom is 0.290 e. The van der Waals surface area contributed by atoms with Crippen LogP contribution in [0.4, 0.5) is 10.1 Å². The van der Waals surface area contributed by atoms with E-state index in [4.69, 9.17) is 4.74 Å². The largest absolute Gasteiger partial charge is 0.476 e. The van der Waals surface area contributed by atoms with Crippen molar-refractivity contribution in [1.29, 1.82) is 0 Å². The highest BCUT2D eigenvalue weighted by molar-refractivity contribution is 5.43. The summed E-state index contributed by atoms with van der Waals surface area (Å²) in [5, 5.41) is 7.28. The van der Waals surface area contributed by atoms with Crippen molar-refractivity contribution in [3.63, 3.8) is 0 Å². The smallest absolute Gasteiger partial charge is 0.290 e. The molecule has 1 fully saturated rings. The summed E-state index contributed by atoms with van der Waals surface area (Å²) in [7, 11) is 1.59. The van der Waals surface area contributed by atoms with E-state index in [1.165, 1.54) is 16.9 Å². The Kier molecular flexibility index (Phi) is 5.24. The highest BCUT2D eigenvalue weighted by Crippen LogP contribution is 2.46. The number of hydrogen-bond donors (Lipinski definition) is 1. The van der Waals surface area contributed by atoms with Gasteiger partial charge in [-0.15, -0.1) is 5.10 Å². The number of ether oxygens (including phenoxy) is 1. The Morgan fingerprint density at radius 3 is 2.83 bits per heavy atom. The Morgan fingerprint density at radius 1 is 1.24 bits per heavy atom. The first kappa shape index (κ1) is 19.0. The zero-order valence-electron chi connectivity index (χ0n) is 16.3. The molecule has 1 unspecified atom stereocenters. The number of aryl methyl sites for hydroxylation is 2. The first-order valence-corrected chi connectivity index (χ1v) is 9.47. The molecule has 0 amide bonds. The van der Waals surface area contributed by atoms with Crippen molar-refractivity contribution in [2.75, 3.05) is 11.9 Å². The van der Waals surface area contributed by atoms with Gasteiger partial charge in [0.25, 0.3) is 5.56 Å². The third-order valence-corrected chi connectivity index (χ3v) is 4.97. The van der Waals surface area contributed by atoms with E-state index in [-0.39, 0.29) is 17.3 Å². The van der Waals surface area contributed by atoms with Crippen LogP contribution < -0.4 is 15.6 Å². The highest BCUT2D eigenvalue weighted by atomic mass is 19.1. The maximum atomic E-state index is 13.0. The Morgan fingerprint density at radius 2 is 2.10 bits per heavy atom. The van der Waals surface area contributed by atoms with Crippen molar-refractivity contribution < 1.29 is 9.13 Å². The average molecular weight is 395 g/mol. The number of nitrogens with one attached hydrogen (secondary N) is 1. The number of aromatic nitrogens is 4. The Bertz CT molecular complexity index is 1050. The molecule has 1 N–H and O–H groups in total. The molecule has 1 saturated carbocycles. The van der Waals surface area contributed by atoms with Crippen LogP contribution in [0.5, 0.6) is 5.88 Å². The van der Waals surface area contributed by atoms with E-state index in [1.807, 2.05) is 19.1 Å². The molecule has 1 aliphatic rings. The van der Waals surface area contributed by atoms with E-state index in [9.17, 15) is 9.18 Å². The summed E-state index contributed by atoms with van der Waals surface area (Å²) in [5.74, 6) is 0.621. The standard InChI is InChI=1S/C21H22FN5O2/c1-13-3-5-16(23-9-13)11-25-19-8-20(26-27(2)21(19)28)29-12-14-7-17(14)18-6-4-15(22)10-24-18/h3-6,8-10,14,17,25H,7,11-12H2,1-2H3/t14?,17-/m1/s1. The van der Waals surface area contributed by atoms with E-state index in [0.29, 0.717) is 30.6 Å². The summed E-state index contributed by atoms with van der Waals surface area (Å²) in [5.41, 5.74) is 2.97. The Balaban J connectivity index is 1.37. The van der Waals surface area contributed by atoms with Crippen LogP contribution in [0.15, 0.2) is 47.5 Å². The molecule has 1 aliphatic carbocycles. The van der Waals surface area contributed by atoms with Crippen LogP contribution in [-0.4, -0.2) is 26.4 Å². The van der Waals surface area contributed by atoms with E-state index in [0.717, 1.165) is 23.4 Å². The lowest BCUT2D eigenvalue weighted by atomic mass is 10.2. The van der Waals surface area contributed by atoms with Gasteiger partial charge in [0.1, 0.15) is 11.5 Å². The fourth-order valence-electron chi connectivity index (χ4n) is 3.16. The van der Waals surface area contributed by atoms with Gasteiger partial charge in [-0.1, -0.05) is 6.07 Å². The molecule has 0 radical (unpaired) electrons. The molecule has 29 heavy (non-hydrogen) atoms. The van der Waals surface area contributed by atoms with Crippen LogP contribution in [0.2, 0.25) is 0 Å². The van der Waals surface area contributed by atoms with E-state index >= 15 is 0 Å². The molecule has 0 spiro atoms. The van der Waals surface area contributed by atoms with Gasteiger partial charge < -0.3 is 10.1 Å². The van der Waals surface area contributed by atoms with Crippen molar-refractivity contribution >= 4 is 5.69 Å². The summed E-state index contributed by atoms with van der Waals surface area (Å²) >= 11 is 0. The Hall–Kier alpha value is -3.29. The van der Waals surface area contributed by atoms with Gasteiger partial charge in [0.15, 0.2) is 0 Å². The third kappa shape index (κ3) is 4.59. The fourth-order valence-corrected chi connectivity index (χ4v) is 3.16. The predicted octanol–water partition coefficient (Wildman–Crippen LogP) is 2.81. The summed E-state index contributed by atoms with van der Waals surface area (Å²) in [6.45, 7) is 2.87. The van der Waals surface area contributed by atoms with E-state index < -0.39 is 0 Å². The van der Waals surface area contributed by atoms with Crippen LogP contribution in [0.25, 0.3) is 0 Å². The van der Waals surface area contributed by atoms with Gasteiger partial charge >= 0.3 is 0 Å². The summed E-state index contributed by atoms with van der Waals surface area (Å²) < 4.78 is 20.1. The van der Waals surface area contributed by atoms with E-state index in [1.54, 1.807) is 25.4 Å². The minimum atomic E-state index is -0.336. The second-order valence-electron chi connectivity index (χ2n) is 7.32. The average Bonchev–Trinajstić information content (AvgIpc) is 3.49. The van der Waals surface area contributed by atoms with Gasteiger partial charge in [0.2, 0.25) is 5.88 Å². The molecule has 0 saturated heterocycles. The molecular weight excluding hydrogens is 373 g/mol. The number of halogens is 1. The van der Waals surface area contributed by atoms with Crippen molar-refractivity contribution in [3.8, 4) is 5.88 Å². The van der Waals surface area contributed by atoms with Crippen molar-refractivity contribution in [2.45, 2.75) is 25.8 Å². The van der Waals surface area contributed by atoms with Crippen LogP contribution in [0, 0.1) is 18.7 Å². The summed E-state index contributed by atoms with van der Waals surface area (Å²) in [4.78, 5) is 20.8. The zero-order valence-corrected chi connectivity index (χ0v) is 16.3. The Labute approximate surface area is 167 Å². The zero-order chi connectivity index (χ0) is 20.4. The van der Waals surface area contributed by atoms with Gasteiger partial charge in [-0.05, 0) is 37.1 Å². The van der Waals surface area contributed by atoms with Gasteiger partial charge in [-0.3, -0.25) is 14.8 Å². The lowest BCUT2D eigenvalue weighted by molar-refractivity contribution is 0.278. The molecule has 8 heteroatoms. The van der Waals surface area contributed by atoms with E-state index in [2.05, 4.69) is 20.4 Å². The van der Waals surface area contributed by atoms with Crippen molar-refractivity contribution in [1.82, 2.24) is 19.7 Å². The summed E-state index contributed by atoms with van der Waals surface area (Å²) in [6.07, 6.45) is 3.97. The van der Waals surface area contributed by atoms with Crippen molar-refractivity contribution in [3.05, 3.63) is 75.8 Å². The molecular formula is C21H22FN5O2. The quantitative estimate of drug-likeness (QED) is 0.663. The number of rotatable bonds is 7. The molecule has 3 aromatic rings. The number of nitrogens with zero attached hydrogens (tertiary/aromatic N) is 4. The first-order valence-electron chi connectivity index (χ1n) is 9.47. The van der Waals surface area contributed by atoms with Gasteiger partial charge in [-0.25, -0.2) is 9.07 Å². The molecule has 4 rings (SSSR count). The molecule has 0 aromatic carbocycles. The van der Waals surface area contributed by atoms with Crippen LogP contribution in [0.1, 0.15) is 29.3 Å². The molecule has 3 aromatic heterocycles. The van der Waals surface area contributed by atoms with Crippen molar-refractivity contribution in [2.24, 2.45) is 13.0 Å². The molecule has 150 valence electrons. The monoisotopic (exact) mass is 395 g/mol. The third-order valence-electron chi connectivity index (χ3n) is 4.97. The lowest BCUT2D eigenvalue weighted by Crippen LogP contribution is -2.24. The minimum Gasteiger partial charge on any atom is -0.476 e. The molecule has 0 bridgehead atoms. The topological polar surface area (TPSA) is 81.9 Å². The van der Waals surface area contributed by atoms with Gasteiger partial charge in [0.05, 0.1) is 25.0 Å². The second-order valence-corrected chi connectivity index (χ2v) is 7.32. The normalized spacial score (nSPS) is 17.8. The van der Waals surface area contributed by atoms with Crippen LogP contribution >= 0.6 is 0 Å². The molecule has 0 aliphatic heterocycles. The number of hydrogen-bond acceptors (Lipinski definition) is 6. The number of anilines is 1. The lowest BCUT2D eigenvalue weighted by Gasteiger charge is -2.10. The summed E-state index contributed by atoms with van der Waals surface area (Å²) in [6, 6.07) is 8.65. The SMILES string of the molecule is Cc1ccc(CNc2cc(OCC3C[C@H]3c3ccc(F)cn3)nn(C)c2=O)nc1. The van der Waals surface area contributed by atoms with Gasteiger partial charge in [-0.2, -0.15) is 0 Å². The van der Waals surface area contributed by atoms with Crippen LogP contribution in [-0.2, 0) is 13.6 Å². The minimum absolute atomic E-state index is 0.232. The second kappa shape index (κ2) is 7.98. The highest BCUT2D eigenvalue weighted by Gasteiger charge is 2.40. The van der Waals surface area contributed by atoms with Gasteiger partial charge in [0, 0.05) is 36.8 Å². The van der Waals surface area contributed by atoms with Crippen LogP contribution in [0.3, 0.4) is 0 Å². The molecule has 7 nitrogen and oxygen atoms in total. The fraction of sp³-hybridized carbons (Fsp3) is 0.333. The first-order chi connectivity index (χ1) is 14.0. The molecule has 2 atom stereocenters.